The third kappa shape index (κ3) is 2.78. The SMILES string of the molecule is CC(NCc1csc(=O)[nH]1)c1cc2ccccc2s1. The molecule has 0 saturated carbocycles. The molecule has 2 aromatic heterocycles. The second-order valence-electron chi connectivity index (χ2n) is 4.46. The Balaban J connectivity index is 1.72. The largest absolute Gasteiger partial charge is 0.315 e. The van der Waals surface area contributed by atoms with Crippen molar-refractivity contribution < 1.29 is 0 Å². The van der Waals surface area contributed by atoms with Gasteiger partial charge >= 0.3 is 4.87 Å². The predicted octanol–water partition coefficient (Wildman–Crippen LogP) is 3.50. The lowest BCUT2D eigenvalue weighted by atomic mass is 10.2. The minimum absolute atomic E-state index is 0.00585. The van der Waals surface area contributed by atoms with Crippen molar-refractivity contribution in [1.82, 2.24) is 10.3 Å². The highest BCUT2D eigenvalue weighted by molar-refractivity contribution is 7.19. The molecule has 2 N–H and O–H groups in total. The normalized spacial score (nSPS) is 12.9. The van der Waals surface area contributed by atoms with Gasteiger partial charge in [-0.05, 0) is 24.4 Å². The fourth-order valence-electron chi connectivity index (χ4n) is 1.98. The lowest BCUT2D eigenvalue weighted by Gasteiger charge is -2.10. The van der Waals surface area contributed by atoms with E-state index < -0.39 is 0 Å². The minimum atomic E-state index is 0.00585. The van der Waals surface area contributed by atoms with Gasteiger partial charge in [0, 0.05) is 33.2 Å². The molecule has 98 valence electrons. The first kappa shape index (κ1) is 12.6. The van der Waals surface area contributed by atoms with Crippen LogP contribution in [0.15, 0.2) is 40.5 Å². The Labute approximate surface area is 118 Å². The Hall–Kier alpha value is -1.43. The van der Waals surface area contributed by atoms with E-state index in [1.54, 1.807) is 0 Å². The standard InChI is InChI=1S/C14H14N2OS2/c1-9(15-7-11-8-18-14(17)16-11)13-6-10-4-2-3-5-12(10)19-13/h2-6,8-9,15H,7H2,1H3,(H,16,17). The molecule has 1 unspecified atom stereocenters. The molecule has 0 aliphatic carbocycles. The Morgan fingerprint density at radius 2 is 2.21 bits per heavy atom. The van der Waals surface area contributed by atoms with Crippen molar-refractivity contribution in [2.24, 2.45) is 0 Å². The highest BCUT2D eigenvalue weighted by Gasteiger charge is 2.09. The number of aromatic nitrogens is 1. The molecule has 0 amide bonds. The van der Waals surface area contributed by atoms with Crippen LogP contribution in [0.3, 0.4) is 0 Å². The molecule has 0 bridgehead atoms. The second kappa shape index (κ2) is 5.28. The van der Waals surface area contributed by atoms with Crippen molar-refractivity contribution in [1.29, 1.82) is 0 Å². The number of thiophene rings is 1. The van der Waals surface area contributed by atoms with E-state index in [2.05, 4.69) is 47.6 Å². The van der Waals surface area contributed by atoms with Crippen LogP contribution in [0.25, 0.3) is 10.1 Å². The maximum atomic E-state index is 11.1. The summed E-state index contributed by atoms with van der Waals surface area (Å²) in [7, 11) is 0. The van der Waals surface area contributed by atoms with E-state index in [0.717, 1.165) is 5.69 Å². The number of benzene rings is 1. The summed E-state index contributed by atoms with van der Waals surface area (Å²) in [5, 5.41) is 6.60. The number of rotatable bonds is 4. The van der Waals surface area contributed by atoms with Crippen molar-refractivity contribution in [2.45, 2.75) is 19.5 Å². The Kier molecular flexibility index (Phi) is 3.50. The number of aromatic amines is 1. The summed E-state index contributed by atoms with van der Waals surface area (Å²) in [6.07, 6.45) is 0. The Morgan fingerprint density at radius 3 is 2.95 bits per heavy atom. The third-order valence-electron chi connectivity index (χ3n) is 3.04. The average Bonchev–Trinajstić information content (AvgIpc) is 3.01. The van der Waals surface area contributed by atoms with Crippen molar-refractivity contribution in [3.63, 3.8) is 0 Å². The van der Waals surface area contributed by atoms with Gasteiger partial charge in [0.1, 0.15) is 0 Å². The van der Waals surface area contributed by atoms with Crippen LogP contribution in [0.1, 0.15) is 23.5 Å². The van der Waals surface area contributed by atoms with Crippen molar-refractivity contribution in [3.8, 4) is 0 Å². The number of fused-ring (bicyclic) bond motifs is 1. The van der Waals surface area contributed by atoms with Crippen molar-refractivity contribution >= 4 is 32.8 Å². The monoisotopic (exact) mass is 290 g/mol. The predicted molar refractivity (Wildman–Crippen MR) is 82.0 cm³/mol. The smallest absolute Gasteiger partial charge is 0.304 e. The van der Waals surface area contributed by atoms with E-state index in [1.807, 2.05) is 16.7 Å². The third-order valence-corrected chi connectivity index (χ3v) is 5.06. The molecule has 19 heavy (non-hydrogen) atoms. The maximum Gasteiger partial charge on any atom is 0.304 e. The first-order valence-electron chi connectivity index (χ1n) is 6.11. The van der Waals surface area contributed by atoms with Crippen LogP contribution in [0.2, 0.25) is 0 Å². The van der Waals surface area contributed by atoms with Crippen LogP contribution in [-0.4, -0.2) is 4.98 Å². The minimum Gasteiger partial charge on any atom is -0.315 e. The van der Waals surface area contributed by atoms with Gasteiger partial charge in [-0.3, -0.25) is 4.79 Å². The van der Waals surface area contributed by atoms with Crippen molar-refractivity contribution in [3.05, 3.63) is 56.0 Å². The zero-order valence-corrected chi connectivity index (χ0v) is 12.1. The summed E-state index contributed by atoms with van der Waals surface area (Å²) < 4.78 is 1.31. The van der Waals surface area contributed by atoms with Gasteiger partial charge in [-0.2, -0.15) is 0 Å². The quantitative estimate of drug-likeness (QED) is 0.772. The molecule has 0 aliphatic heterocycles. The van der Waals surface area contributed by atoms with E-state index in [-0.39, 0.29) is 10.9 Å². The van der Waals surface area contributed by atoms with Crippen LogP contribution >= 0.6 is 22.7 Å². The number of hydrogen-bond donors (Lipinski definition) is 2. The lowest BCUT2D eigenvalue weighted by molar-refractivity contribution is 0.577. The molecule has 2 heterocycles. The van der Waals surface area contributed by atoms with Gasteiger partial charge < -0.3 is 10.3 Å². The van der Waals surface area contributed by atoms with Crippen LogP contribution in [-0.2, 0) is 6.54 Å². The van der Waals surface area contributed by atoms with Crippen molar-refractivity contribution in [2.75, 3.05) is 0 Å². The first-order valence-corrected chi connectivity index (χ1v) is 7.80. The summed E-state index contributed by atoms with van der Waals surface area (Å²) in [6.45, 7) is 2.84. The van der Waals surface area contributed by atoms with Gasteiger partial charge in [0.25, 0.3) is 0 Å². The van der Waals surface area contributed by atoms with Crippen LogP contribution in [0, 0.1) is 0 Å². The molecule has 0 radical (unpaired) electrons. The maximum absolute atomic E-state index is 11.1. The lowest BCUT2D eigenvalue weighted by Crippen LogP contribution is -2.17. The van der Waals surface area contributed by atoms with Gasteiger partial charge in [-0.15, -0.1) is 11.3 Å². The van der Waals surface area contributed by atoms with E-state index in [0.29, 0.717) is 6.54 Å². The molecule has 0 spiro atoms. The second-order valence-corrected chi connectivity index (χ2v) is 6.42. The highest BCUT2D eigenvalue weighted by atomic mass is 32.1. The summed E-state index contributed by atoms with van der Waals surface area (Å²) in [4.78, 5) is 15.2. The topological polar surface area (TPSA) is 44.9 Å². The first-order chi connectivity index (χ1) is 9.22. The molecule has 0 saturated heterocycles. The fraction of sp³-hybridized carbons (Fsp3) is 0.214. The van der Waals surface area contributed by atoms with E-state index >= 15 is 0 Å². The average molecular weight is 290 g/mol. The van der Waals surface area contributed by atoms with Gasteiger partial charge in [-0.25, -0.2) is 0 Å². The Morgan fingerprint density at radius 1 is 1.37 bits per heavy atom. The summed E-state index contributed by atoms with van der Waals surface area (Å²) in [6, 6.07) is 10.9. The molecular weight excluding hydrogens is 276 g/mol. The van der Waals surface area contributed by atoms with Gasteiger partial charge in [0.2, 0.25) is 0 Å². The number of nitrogens with one attached hydrogen (secondary N) is 2. The molecular formula is C14H14N2OS2. The summed E-state index contributed by atoms with van der Waals surface area (Å²) in [5.74, 6) is 0. The van der Waals surface area contributed by atoms with Gasteiger partial charge in [0.05, 0.1) is 0 Å². The molecule has 3 rings (SSSR count). The Bertz CT molecular complexity index is 708. The van der Waals surface area contributed by atoms with E-state index in [9.17, 15) is 4.79 Å². The van der Waals surface area contributed by atoms with Gasteiger partial charge in [0.15, 0.2) is 0 Å². The van der Waals surface area contributed by atoms with Crippen LogP contribution in [0.4, 0.5) is 0 Å². The summed E-state index contributed by atoms with van der Waals surface area (Å²) in [5.41, 5.74) is 0.947. The molecule has 1 aromatic carbocycles. The van der Waals surface area contributed by atoms with Crippen LogP contribution < -0.4 is 10.2 Å². The molecule has 5 heteroatoms. The molecule has 3 aromatic rings. The number of thiazole rings is 1. The van der Waals surface area contributed by atoms with E-state index in [1.165, 1.54) is 26.3 Å². The molecule has 1 atom stereocenters. The van der Waals surface area contributed by atoms with E-state index in [4.69, 9.17) is 0 Å². The summed E-state index contributed by atoms with van der Waals surface area (Å²) >= 11 is 3.02. The van der Waals surface area contributed by atoms with Gasteiger partial charge in [-0.1, -0.05) is 29.5 Å². The zero-order chi connectivity index (χ0) is 13.2. The molecule has 3 nitrogen and oxygen atoms in total. The number of hydrogen-bond acceptors (Lipinski definition) is 4. The zero-order valence-electron chi connectivity index (χ0n) is 10.5. The fourth-order valence-corrected chi connectivity index (χ4v) is 3.65. The molecule has 0 fully saturated rings. The highest BCUT2D eigenvalue weighted by Crippen LogP contribution is 2.29. The molecule has 0 aliphatic rings. The van der Waals surface area contributed by atoms with Crippen LogP contribution in [0.5, 0.6) is 0 Å². The number of H-pyrrole nitrogens is 1.